The van der Waals surface area contributed by atoms with Crippen molar-refractivity contribution in [3.05, 3.63) is 42.0 Å². The van der Waals surface area contributed by atoms with E-state index in [2.05, 4.69) is 43.1 Å². The molecule has 1 heterocycles. The average Bonchev–Trinajstić information content (AvgIpc) is 2.62. The molecule has 1 nitrogen and oxygen atoms in total. The van der Waals surface area contributed by atoms with E-state index in [1.165, 1.54) is 21.8 Å². The van der Waals surface area contributed by atoms with Crippen molar-refractivity contribution in [2.24, 2.45) is 0 Å². The molecule has 2 rings (SSSR count). The topological polar surface area (TPSA) is 12.0 Å². The van der Waals surface area contributed by atoms with Gasteiger partial charge >= 0.3 is 0 Å². The van der Waals surface area contributed by atoms with E-state index in [0.29, 0.717) is 5.92 Å². The van der Waals surface area contributed by atoms with Crippen LogP contribution in [0.4, 0.5) is 0 Å². The van der Waals surface area contributed by atoms with Crippen LogP contribution in [0.5, 0.6) is 0 Å². The molecule has 1 atom stereocenters. The summed E-state index contributed by atoms with van der Waals surface area (Å²) in [5.41, 5.74) is 2.71. The maximum absolute atomic E-state index is 3.90. The van der Waals surface area contributed by atoms with Gasteiger partial charge < -0.3 is 5.32 Å². The van der Waals surface area contributed by atoms with E-state index < -0.39 is 0 Å². The number of hydrogen-bond acceptors (Lipinski definition) is 2. The second-order valence-electron chi connectivity index (χ2n) is 4.13. The molecule has 0 fully saturated rings. The molecule has 0 aromatic heterocycles. The van der Waals surface area contributed by atoms with Gasteiger partial charge in [-0.2, -0.15) is 0 Å². The molecule has 0 bridgehead atoms. The third-order valence-electron chi connectivity index (χ3n) is 2.62. The lowest BCUT2D eigenvalue weighted by Crippen LogP contribution is -2.23. The first kappa shape index (κ1) is 10.8. The van der Waals surface area contributed by atoms with E-state index in [-0.39, 0.29) is 0 Å². The summed E-state index contributed by atoms with van der Waals surface area (Å²) in [4.78, 5) is 1.46. The predicted molar refractivity (Wildman–Crippen MR) is 67.6 cm³/mol. The van der Waals surface area contributed by atoms with Crippen LogP contribution < -0.4 is 5.32 Å². The maximum atomic E-state index is 3.90. The Morgan fingerprint density at radius 1 is 1.53 bits per heavy atom. The summed E-state index contributed by atoms with van der Waals surface area (Å²) in [5, 5.41) is 3.45. The third-order valence-corrected chi connectivity index (χ3v) is 3.87. The zero-order valence-electron chi connectivity index (χ0n) is 9.12. The van der Waals surface area contributed by atoms with Crippen LogP contribution in [0.2, 0.25) is 0 Å². The van der Waals surface area contributed by atoms with Gasteiger partial charge in [-0.1, -0.05) is 30.4 Å². The highest BCUT2D eigenvalue weighted by Crippen LogP contribution is 2.38. The highest BCUT2D eigenvalue weighted by molar-refractivity contribution is 7.99. The first-order chi connectivity index (χ1) is 7.27. The minimum Gasteiger partial charge on any atom is -0.312 e. The molecule has 80 valence electrons. The van der Waals surface area contributed by atoms with Crippen molar-refractivity contribution in [2.75, 3.05) is 18.8 Å². The van der Waals surface area contributed by atoms with Crippen LogP contribution in [0, 0.1) is 0 Å². The zero-order chi connectivity index (χ0) is 10.7. The second-order valence-corrected chi connectivity index (χ2v) is 5.20. The monoisotopic (exact) mass is 219 g/mol. The zero-order valence-corrected chi connectivity index (χ0v) is 9.94. The van der Waals surface area contributed by atoms with Crippen molar-refractivity contribution < 1.29 is 0 Å². The molecule has 1 aromatic rings. The fraction of sp³-hybridized carbons (Fsp3) is 0.385. The van der Waals surface area contributed by atoms with E-state index in [9.17, 15) is 0 Å². The molecule has 0 amide bonds. The molecule has 1 unspecified atom stereocenters. The molecule has 0 spiro atoms. The maximum Gasteiger partial charge on any atom is 0.0159 e. The number of fused-ring (bicyclic) bond motifs is 1. The number of benzene rings is 1. The summed E-state index contributed by atoms with van der Waals surface area (Å²) in [7, 11) is 0. The van der Waals surface area contributed by atoms with Crippen LogP contribution in [-0.2, 0) is 0 Å². The molecule has 2 heteroatoms. The molecule has 1 aliphatic heterocycles. The minimum atomic E-state index is 0.672. The molecular weight excluding hydrogens is 202 g/mol. The summed E-state index contributed by atoms with van der Waals surface area (Å²) >= 11 is 1.97. The molecule has 15 heavy (non-hydrogen) atoms. The van der Waals surface area contributed by atoms with Crippen molar-refractivity contribution in [1.29, 1.82) is 0 Å². The van der Waals surface area contributed by atoms with Crippen molar-refractivity contribution in [2.45, 2.75) is 17.7 Å². The summed E-state index contributed by atoms with van der Waals surface area (Å²) < 4.78 is 0. The minimum absolute atomic E-state index is 0.672. The number of thioether (sulfide) groups is 1. The number of rotatable bonds is 4. The lowest BCUT2D eigenvalue weighted by Gasteiger charge is -2.11. The predicted octanol–water partition coefficient (Wildman–Crippen LogP) is 3.04. The van der Waals surface area contributed by atoms with Crippen LogP contribution in [0.25, 0.3) is 0 Å². The van der Waals surface area contributed by atoms with Gasteiger partial charge in [0.15, 0.2) is 0 Å². The Morgan fingerprint density at radius 3 is 3.13 bits per heavy atom. The largest absolute Gasteiger partial charge is 0.312 e. The smallest absolute Gasteiger partial charge is 0.0159 e. The highest BCUT2D eigenvalue weighted by atomic mass is 32.2. The van der Waals surface area contributed by atoms with Gasteiger partial charge in [0.2, 0.25) is 0 Å². The van der Waals surface area contributed by atoms with Gasteiger partial charge in [-0.05, 0) is 18.6 Å². The van der Waals surface area contributed by atoms with E-state index in [0.717, 1.165) is 13.1 Å². The van der Waals surface area contributed by atoms with E-state index in [4.69, 9.17) is 0 Å². The third kappa shape index (κ3) is 2.64. The molecule has 0 saturated heterocycles. The van der Waals surface area contributed by atoms with Gasteiger partial charge in [0, 0.05) is 29.7 Å². The van der Waals surface area contributed by atoms with E-state index >= 15 is 0 Å². The van der Waals surface area contributed by atoms with E-state index in [1.54, 1.807) is 0 Å². The molecule has 1 aliphatic rings. The van der Waals surface area contributed by atoms with Gasteiger partial charge in [0.25, 0.3) is 0 Å². The number of nitrogens with one attached hydrogen (secondary N) is 1. The SMILES string of the molecule is C=C(C)CNCC1CSc2ccccc21. The van der Waals surface area contributed by atoms with Gasteiger partial charge in [-0.3, -0.25) is 0 Å². The first-order valence-electron chi connectivity index (χ1n) is 5.34. The molecular formula is C13H17NS. The van der Waals surface area contributed by atoms with Crippen molar-refractivity contribution in [1.82, 2.24) is 5.32 Å². The van der Waals surface area contributed by atoms with Crippen LogP contribution >= 0.6 is 11.8 Å². The lowest BCUT2D eigenvalue weighted by atomic mass is 10.0. The van der Waals surface area contributed by atoms with Crippen LogP contribution in [-0.4, -0.2) is 18.8 Å². The normalized spacial score (nSPS) is 18.9. The summed E-state index contributed by atoms with van der Waals surface area (Å²) in [6.07, 6.45) is 0. The summed E-state index contributed by atoms with van der Waals surface area (Å²) in [5.74, 6) is 1.88. The summed E-state index contributed by atoms with van der Waals surface area (Å²) in [6, 6.07) is 8.73. The first-order valence-corrected chi connectivity index (χ1v) is 6.33. The van der Waals surface area contributed by atoms with Crippen LogP contribution in [0.1, 0.15) is 18.4 Å². The van der Waals surface area contributed by atoms with Crippen LogP contribution in [0.15, 0.2) is 41.3 Å². The molecule has 1 aromatic carbocycles. The Morgan fingerprint density at radius 2 is 2.33 bits per heavy atom. The number of hydrogen-bond donors (Lipinski definition) is 1. The lowest BCUT2D eigenvalue weighted by molar-refractivity contribution is 0.650. The molecule has 0 saturated carbocycles. The van der Waals surface area contributed by atoms with Gasteiger partial charge in [0.1, 0.15) is 0 Å². The fourth-order valence-electron chi connectivity index (χ4n) is 1.86. The average molecular weight is 219 g/mol. The quantitative estimate of drug-likeness (QED) is 0.781. The highest BCUT2D eigenvalue weighted by Gasteiger charge is 2.21. The van der Waals surface area contributed by atoms with Gasteiger partial charge in [-0.15, -0.1) is 11.8 Å². The Labute approximate surface area is 96.0 Å². The Hall–Kier alpha value is -0.730. The second kappa shape index (κ2) is 4.86. The van der Waals surface area contributed by atoms with Gasteiger partial charge in [0.05, 0.1) is 0 Å². The standard InChI is InChI=1S/C13H17NS/c1-10(2)7-14-8-11-9-15-13-6-4-3-5-12(11)13/h3-6,11,14H,1,7-9H2,2H3. The fourth-order valence-corrected chi connectivity index (χ4v) is 3.11. The molecule has 1 N–H and O–H groups in total. The molecule has 0 aliphatic carbocycles. The van der Waals surface area contributed by atoms with E-state index in [1.807, 2.05) is 11.8 Å². The van der Waals surface area contributed by atoms with Crippen molar-refractivity contribution in [3.63, 3.8) is 0 Å². The van der Waals surface area contributed by atoms with Crippen molar-refractivity contribution in [3.8, 4) is 0 Å². The van der Waals surface area contributed by atoms with Crippen molar-refractivity contribution >= 4 is 11.8 Å². The van der Waals surface area contributed by atoms with Gasteiger partial charge in [-0.25, -0.2) is 0 Å². The Bertz CT molecular complexity index is 359. The summed E-state index contributed by atoms with van der Waals surface area (Å²) in [6.45, 7) is 7.96. The van der Waals surface area contributed by atoms with Crippen LogP contribution in [0.3, 0.4) is 0 Å². The molecule has 0 radical (unpaired) electrons. The Balaban J connectivity index is 1.93. The Kier molecular flexibility index (Phi) is 3.49.